The van der Waals surface area contributed by atoms with Crippen molar-refractivity contribution in [2.24, 2.45) is 5.92 Å². The highest BCUT2D eigenvalue weighted by Crippen LogP contribution is 2.32. The Morgan fingerprint density at radius 3 is 2.10 bits per heavy atom. The van der Waals surface area contributed by atoms with Crippen molar-refractivity contribution in [3.05, 3.63) is 34.4 Å². The molecule has 1 fully saturated rings. The van der Waals surface area contributed by atoms with Crippen LogP contribution in [0.25, 0.3) is 0 Å². The Morgan fingerprint density at radius 2 is 1.65 bits per heavy atom. The van der Waals surface area contributed by atoms with Crippen LogP contribution in [0.3, 0.4) is 0 Å². The largest absolute Gasteiger partial charge is 0.393 e. The summed E-state index contributed by atoms with van der Waals surface area (Å²) in [7, 11) is 0. The highest BCUT2D eigenvalue weighted by Gasteiger charge is 2.39. The van der Waals surface area contributed by atoms with Gasteiger partial charge < -0.3 is 5.11 Å². The molecule has 20 heavy (non-hydrogen) atoms. The van der Waals surface area contributed by atoms with Gasteiger partial charge in [0.1, 0.15) is 0 Å². The van der Waals surface area contributed by atoms with E-state index in [0.29, 0.717) is 24.1 Å². The normalized spacial score (nSPS) is 25.4. The summed E-state index contributed by atoms with van der Waals surface area (Å²) in [6.45, 7) is 4.17. The Bertz CT molecular complexity index is 553. The lowest BCUT2D eigenvalue weighted by Crippen LogP contribution is -2.34. The molecule has 0 bridgehead atoms. The van der Waals surface area contributed by atoms with Crippen molar-refractivity contribution in [3.63, 3.8) is 0 Å². The molecule has 2 unspecified atom stereocenters. The van der Waals surface area contributed by atoms with Crippen LogP contribution in [0.15, 0.2) is 12.1 Å². The SMILES string of the molecule is Cc1ccc(C)c2c1C(=O)N(CC1CCC(O)C1)C2=O. The van der Waals surface area contributed by atoms with E-state index < -0.39 is 0 Å². The molecule has 106 valence electrons. The van der Waals surface area contributed by atoms with E-state index in [0.717, 1.165) is 24.0 Å². The summed E-state index contributed by atoms with van der Waals surface area (Å²) in [4.78, 5) is 26.4. The molecule has 2 atom stereocenters. The Labute approximate surface area is 118 Å². The monoisotopic (exact) mass is 273 g/mol. The first-order valence-electron chi connectivity index (χ1n) is 7.13. The Kier molecular flexibility index (Phi) is 3.13. The first kappa shape index (κ1) is 13.3. The zero-order chi connectivity index (χ0) is 14.4. The summed E-state index contributed by atoms with van der Waals surface area (Å²) in [6.07, 6.45) is 2.06. The number of rotatable bonds is 2. The van der Waals surface area contributed by atoms with Crippen molar-refractivity contribution < 1.29 is 14.7 Å². The molecule has 1 aliphatic carbocycles. The third-order valence-electron chi connectivity index (χ3n) is 4.49. The second-order valence-electron chi connectivity index (χ2n) is 6.00. The quantitative estimate of drug-likeness (QED) is 0.839. The zero-order valence-corrected chi connectivity index (χ0v) is 11.8. The van der Waals surface area contributed by atoms with Crippen molar-refractivity contribution in [1.29, 1.82) is 0 Å². The second kappa shape index (κ2) is 4.70. The number of imide groups is 1. The van der Waals surface area contributed by atoms with Crippen molar-refractivity contribution in [3.8, 4) is 0 Å². The summed E-state index contributed by atoms with van der Waals surface area (Å²) in [6, 6.07) is 3.78. The van der Waals surface area contributed by atoms with E-state index in [1.54, 1.807) is 0 Å². The lowest BCUT2D eigenvalue weighted by atomic mass is 9.99. The van der Waals surface area contributed by atoms with Crippen LogP contribution in [0.4, 0.5) is 0 Å². The van der Waals surface area contributed by atoms with Crippen LogP contribution in [0.1, 0.15) is 51.1 Å². The molecule has 1 aliphatic heterocycles. The van der Waals surface area contributed by atoms with Gasteiger partial charge in [0, 0.05) is 6.54 Å². The van der Waals surface area contributed by atoms with Crippen LogP contribution in [-0.2, 0) is 0 Å². The molecular weight excluding hydrogens is 254 g/mol. The fourth-order valence-electron chi connectivity index (χ4n) is 3.36. The molecule has 1 saturated carbocycles. The maximum absolute atomic E-state index is 12.5. The van der Waals surface area contributed by atoms with Gasteiger partial charge in [0.2, 0.25) is 0 Å². The predicted molar refractivity (Wildman–Crippen MR) is 74.6 cm³/mol. The number of hydrogen-bond acceptors (Lipinski definition) is 3. The van der Waals surface area contributed by atoms with Crippen LogP contribution < -0.4 is 0 Å². The third-order valence-corrected chi connectivity index (χ3v) is 4.49. The minimum atomic E-state index is -0.279. The number of aryl methyl sites for hydroxylation is 2. The van der Waals surface area contributed by atoms with Gasteiger partial charge in [0.15, 0.2) is 0 Å². The molecule has 1 heterocycles. The average Bonchev–Trinajstić information content (AvgIpc) is 2.92. The van der Waals surface area contributed by atoms with Crippen LogP contribution in [0, 0.1) is 19.8 Å². The number of carbonyl (C=O) groups excluding carboxylic acids is 2. The maximum atomic E-state index is 12.5. The molecule has 1 N–H and O–H groups in total. The van der Waals surface area contributed by atoms with Crippen molar-refractivity contribution >= 4 is 11.8 Å². The fourth-order valence-corrected chi connectivity index (χ4v) is 3.36. The van der Waals surface area contributed by atoms with Crippen molar-refractivity contribution in [1.82, 2.24) is 4.90 Å². The number of aliphatic hydroxyl groups is 1. The minimum Gasteiger partial charge on any atom is -0.393 e. The highest BCUT2D eigenvalue weighted by atomic mass is 16.3. The second-order valence-corrected chi connectivity index (χ2v) is 6.00. The summed E-state index contributed by atoms with van der Waals surface area (Å²) < 4.78 is 0. The van der Waals surface area contributed by atoms with Crippen molar-refractivity contribution in [2.75, 3.05) is 6.54 Å². The summed E-state index contributed by atoms with van der Waals surface area (Å²) in [5, 5.41) is 9.58. The molecular formula is C16H19NO3. The smallest absolute Gasteiger partial charge is 0.261 e. The van der Waals surface area contributed by atoms with Crippen LogP contribution in [0.5, 0.6) is 0 Å². The van der Waals surface area contributed by atoms with E-state index in [9.17, 15) is 14.7 Å². The molecule has 2 amide bonds. The molecule has 4 heteroatoms. The number of amides is 2. The summed E-state index contributed by atoms with van der Waals surface area (Å²) >= 11 is 0. The number of hydrogen-bond donors (Lipinski definition) is 1. The molecule has 1 aromatic carbocycles. The Balaban J connectivity index is 1.90. The van der Waals surface area contributed by atoms with E-state index in [1.807, 2.05) is 26.0 Å². The lowest BCUT2D eigenvalue weighted by molar-refractivity contribution is 0.0624. The Morgan fingerprint density at radius 1 is 1.10 bits per heavy atom. The number of nitrogens with zero attached hydrogens (tertiary/aromatic N) is 1. The number of aliphatic hydroxyl groups excluding tert-OH is 1. The van der Waals surface area contributed by atoms with Gasteiger partial charge in [-0.1, -0.05) is 12.1 Å². The summed E-state index contributed by atoms with van der Waals surface area (Å²) in [5.41, 5.74) is 2.85. The van der Waals surface area contributed by atoms with Gasteiger partial charge in [0.25, 0.3) is 11.8 Å². The van der Waals surface area contributed by atoms with E-state index in [4.69, 9.17) is 0 Å². The van der Waals surface area contributed by atoms with Gasteiger partial charge in [-0.05, 0) is 50.2 Å². The highest BCUT2D eigenvalue weighted by molar-refractivity contribution is 6.22. The molecule has 4 nitrogen and oxygen atoms in total. The molecule has 0 saturated heterocycles. The van der Waals surface area contributed by atoms with Gasteiger partial charge in [-0.2, -0.15) is 0 Å². The topological polar surface area (TPSA) is 57.6 Å². The predicted octanol–water partition coefficient (Wildman–Crippen LogP) is 2.06. The van der Waals surface area contributed by atoms with Crippen LogP contribution in [-0.4, -0.2) is 34.5 Å². The van der Waals surface area contributed by atoms with E-state index in [2.05, 4.69) is 0 Å². The van der Waals surface area contributed by atoms with Gasteiger partial charge >= 0.3 is 0 Å². The van der Waals surface area contributed by atoms with Gasteiger partial charge in [-0.3, -0.25) is 14.5 Å². The Hall–Kier alpha value is -1.68. The van der Waals surface area contributed by atoms with E-state index in [1.165, 1.54) is 4.90 Å². The molecule has 0 spiro atoms. The van der Waals surface area contributed by atoms with Crippen LogP contribution in [0.2, 0.25) is 0 Å². The molecule has 1 aromatic rings. The molecule has 2 aliphatic rings. The van der Waals surface area contributed by atoms with Gasteiger partial charge in [-0.25, -0.2) is 0 Å². The first-order valence-corrected chi connectivity index (χ1v) is 7.13. The van der Waals surface area contributed by atoms with E-state index in [-0.39, 0.29) is 23.8 Å². The standard InChI is InChI=1S/C16H19NO3/c1-9-3-4-10(2)14-13(9)15(19)17(16(14)20)8-11-5-6-12(18)7-11/h3-4,11-12,18H,5-8H2,1-2H3. The van der Waals surface area contributed by atoms with Gasteiger partial charge in [0.05, 0.1) is 17.2 Å². The summed E-state index contributed by atoms with van der Waals surface area (Å²) in [5.74, 6) is -0.118. The zero-order valence-electron chi connectivity index (χ0n) is 11.8. The fraction of sp³-hybridized carbons (Fsp3) is 0.500. The van der Waals surface area contributed by atoms with Crippen LogP contribution >= 0.6 is 0 Å². The lowest BCUT2D eigenvalue weighted by Gasteiger charge is -2.18. The molecule has 0 aromatic heterocycles. The van der Waals surface area contributed by atoms with E-state index >= 15 is 0 Å². The first-order chi connectivity index (χ1) is 9.49. The number of benzene rings is 1. The third kappa shape index (κ3) is 1.95. The molecule has 3 rings (SSSR count). The van der Waals surface area contributed by atoms with Crippen molar-refractivity contribution in [2.45, 2.75) is 39.2 Å². The molecule has 0 radical (unpaired) electrons. The number of carbonyl (C=O) groups is 2. The van der Waals surface area contributed by atoms with Gasteiger partial charge in [-0.15, -0.1) is 0 Å². The minimum absolute atomic E-state index is 0.174. The maximum Gasteiger partial charge on any atom is 0.261 e. The average molecular weight is 273 g/mol. The number of fused-ring (bicyclic) bond motifs is 1.